The van der Waals surface area contributed by atoms with Crippen LogP contribution in [0.25, 0.3) is 0 Å². The van der Waals surface area contributed by atoms with E-state index in [2.05, 4.69) is 20.3 Å². The van der Waals surface area contributed by atoms with Gasteiger partial charge in [0, 0.05) is 6.42 Å². The number of aliphatic imine (C=N–C) groups is 1. The molecule has 3 rings (SSSR count). The molecule has 15 heteroatoms. The van der Waals surface area contributed by atoms with Crippen LogP contribution in [0.3, 0.4) is 0 Å². The van der Waals surface area contributed by atoms with Crippen molar-refractivity contribution in [3.63, 3.8) is 0 Å². The number of aliphatic hydroxyl groups excluding tert-OH is 1. The third kappa shape index (κ3) is 10.2. The summed E-state index contributed by atoms with van der Waals surface area (Å²) in [6, 6.07) is 12.5. The predicted octanol–water partition coefficient (Wildman–Crippen LogP) is 0.881. The van der Waals surface area contributed by atoms with E-state index in [1.807, 2.05) is 13.0 Å². The molecule has 5 atom stereocenters. The smallest absolute Gasteiger partial charge is 0.408 e. The molecule has 0 spiro atoms. The summed E-state index contributed by atoms with van der Waals surface area (Å²) >= 11 is 0. The molecule has 2 aromatic rings. The van der Waals surface area contributed by atoms with Crippen LogP contribution >= 0.6 is 0 Å². The molecule has 264 valence electrons. The highest BCUT2D eigenvalue weighted by atomic mass is 16.6. The number of nitrogens with two attached hydrogens (primary N) is 1. The Hall–Kier alpha value is -5.07. The Kier molecular flexibility index (Phi) is 13.2. The van der Waals surface area contributed by atoms with Crippen molar-refractivity contribution in [1.29, 1.82) is 5.26 Å². The van der Waals surface area contributed by atoms with E-state index in [0.29, 0.717) is 12.0 Å². The molecule has 1 aromatic heterocycles. The van der Waals surface area contributed by atoms with Gasteiger partial charge in [-0.1, -0.05) is 56.1 Å². The Morgan fingerprint density at radius 3 is 2.49 bits per heavy atom. The maximum absolute atomic E-state index is 13.5. The summed E-state index contributed by atoms with van der Waals surface area (Å²) in [7, 11) is 0. The quantitative estimate of drug-likeness (QED) is 0.0914. The maximum atomic E-state index is 13.5. The molecule has 0 radical (unpaired) electrons. The minimum absolute atomic E-state index is 0.0263. The van der Waals surface area contributed by atoms with Crippen molar-refractivity contribution in [3.8, 4) is 6.07 Å². The third-order valence-electron chi connectivity index (χ3n) is 7.30. The molecule has 2 amide bonds. The second-order valence-electron chi connectivity index (χ2n) is 12.8. The molecule has 6 N–H and O–H groups in total. The average molecular weight is 682 g/mol. The number of carbonyl (C=O) groups is 4. The van der Waals surface area contributed by atoms with Gasteiger partial charge in [-0.25, -0.2) is 14.6 Å². The second kappa shape index (κ2) is 16.8. The van der Waals surface area contributed by atoms with Crippen molar-refractivity contribution >= 4 is 36.1 Å². The van der Waals surface area contributed by atoms with Gasteiger partial charge in [0.1, 0.15) is 42.2 Å². The number of benzene rings is 1. The first-order chi connectivity index (χ1) is 23.1. The number of nitriles is 1. The van der Waals surface area contributed by atoms with E-state index in [4.69, 9.17) is 24.7 Å². The predicted molar refractivity (Wildman–Crippen MR) is 176 cm³/mol. The van der Waals surface area contributed by atoms with Gasteiger partial charge >= 0.3 is 23.9 Å². The molecular formula is C34H45N6O9+. The standard InChI is InChI=1S/C34H44N6O9/c1-7-11-25(41)39-30(37-19-36)22-14-15-24(38-22)34(18-35)29(43)28(23(48-34)17-46-26(42)16-21-12-9-8-10-13-21)47-31(44)27(20(2)3)40-32(45)49-33(4,5)6/h8-10,12-15,19-20,23,27-29,38,43H,7,11,16-17H2,1-6H3,(H,40,45)(H2,36,37,39,41)/p+1/t23-,27+,28-,29-,34+/m1/s1. The zero-order valence-corrected chi connectivity index (χ0v) is 28.5. The molecule has 1 aromatic carbocycles. The summed E-state index contributed by atoms with van der Waals surface area (Å²) in [4.78, 5) is 60.8. The number of hydrogen-bond donors (Lipinski definition) is 5. The van der Waals surface area contributed by atoms with E-state index >= 15 is 0 Å². The van der Waals surface area contributed by atoms with Crippen LogP contribution in [-0.4, -0.2) is 82.8 Å². The van der Waals surface area contributed by atoms with E-state index in [9.17, 15) is 29.5 Å². The Morgan fingerprint density at radius 1 is 1.20 bits per heavy atom. The van der Waals surface area contributed by atoms with E-state index in [1.165, 1.54) is 12.1 Å². The molecule has 2 heterocycles. The van der Waals surface area contributed by atoms with Crippen molar-refractivity contribution in [2.75, 3.05) is 6.61 Å². The van der Waals surface area contributed by atoms with Crippen molar-refractivity contribution in [2.45, 2.75) is 96.4 Å². The monoisotopic (exact) mass is 681 g/mol. The number of aromatic amines is 1. The van der Waals surface area contributed by atoms with Gasteiger partial charge in [-0.15, -0.1) is 0 Å². The maximum Gasteiger partial charge on any atom is 0.408 e. The molecule has 0 aliphatic carbocycles. The fourth-order valence-corrected chi connectivity index (χ4v) is 4.98. The Bertz CT molecular complexity index is 1570. The first kappa shape index (κ1) is 38.4. The number of amides is 2. The lowest BCUT2D eigenvalue weighted by atomic mass is 9.92. The van der Waals surface area contributed by atoms with Crippen LogP contribution in [-0.2, 0) is 45.4 Å². The molecule has 0 unspecified atom stereocenters. The molecule has 1 fully saturated rings. The largest absolute Gasteiger partial charge is 0.463 e. The number of rotatable bonds is 12. The molecule has 1 aliphatic rings. The fourth-order valence-electron chi connectivity index (χ4n) is 4.98. The van der Waals surface area contributed by atoms with Gasteiger partial charge in [0.25, 0.3) is 5.84 Å². The van der Waals surface area contributed by atoms with E-state index in [-0.39, 0.29) is 30.1 Å². The minimum atomic E-state index is -2.17. The van der Waals surface area contributed by atoms with Crippen molar-refractivity contribution in [3.05, 3.63) is 59.4 Å². The first-order valence-corrected chi connectivity index (χ1v) is 15.9. The molecule has 1 aliphatic heterocycles. The summed E-state index contributed by atoms with van der Waals surface area (Å²) in [5.74, 6) is -2.41. The van der Waals surface area contributed by atoms with E-state index in [1.54, 1.807) is 65.0 Å². The highest BCUT2D eigenvalue weighted by Gasteiger charge is 2.59. The van der Waals surface area contributed by atoms with Gasteiger partial charge in [-0.3, -0.25) is 9.59 Å². The highest BCUT2D eigenvalue weighted by molar-refractivity contribution is 5.99. The minimum Gasteiger partial charge on any atom is -0.463 e. The fraction of sp³-hybridized carbons (Fsp3) is 0.500. The molecule has 0 bridgehead atoms. The molecule has 15 nitrogen and oxygen atoms in total. The summed E-state index contributed by atoms with van der Waals surface area (Å²) in [6.45, 7) is 9.68. The molecule has 0 saturated carbocycles. The number of hydrogen-bond acceptors (Lipinski definition) is 10. The van der Waals surface area contributed by atoms with Crippen molar-refractivity contribution < 1.29 is 48.2 Å². The zero-order chi connectivity index (χ0) is 36.4. The van der Waals surface area contributed by atoms with Gasteiger partial charge in [-0.2, -0.15) is 5.26 Å². The lowest BCUT2D eigenvalue weighted by molar-refractivity contribution is -0.309. The van der Waals surface area contributed by atoms with Crippen LogP contribution in [0.15, 0.2) is 47.5 Å². The lowest BCUT2D eigenvalue weighted by Gasteiger charge is -2.28. The zero-order valence-electron chi connectivity index (χ0n) is 28.5. The van der Waals surface area contributed by atoms with Crippen LogP contribution in [0.1, 0.15) is 71.3 Å². The Labute approximate surface area is 284 Å². The molecule has 49 heavy (non-hydrogen) atoms. The average Bonchev–Trinajstić information content (AvgIpc) is 3.62. The summed E-state index contributed by atoms with van der Waals surface area (Å²) in [5, 5.41) is 24.6. The van der Waals surface area contributed by atoms with Gasteiger partial charge in [0.2, 0.25) is 5.60 Å². The number of carbonyl (C=O) groups excluding carboxylic acids is 4. The number of aliphatic hydroxyl groups is 1. The molecule has 1 saturated heterocycles. The normalized spacial score (nSPS) is 21.6. The van der Waals surface area contributed by atoms with Crippen molar-refractivity contribution in [1.82, 2.24) is 10.3 Å². The number of alkyl carbamates (subject to hydrolysis) is 1. The summed E-state index contributed by atoms with van der Waals surface area (Å²) in [5.41, 5.74) is 3.48. The topological polar surface area (TPSA) is 229 Å². The third-order valence-corrected chi connectivity index (χ3v) is 7.30. The van der Waals surface area contributed by atoms with Crippen LogP contribution in [0, 0.1) is 17.2 Å². The van der Waals surface area contributed by atoms with E-state index < -0.39 is 72.0 Å². The van der Waals surface area contributed by atoms with Crippen LogP contribution in [0.5, 0.6) is 0 Å². The first-order valence-electron chi connectivity index (χ1n) is 15.9. The number of aromatic nitrogens is 1. The van der Waals surface area contributed by atoms with Crippen LogP contribution in [0.4, 0.5) is 4.79 Å². The number of nitrogens with one attached hydrogen (secondary N) is 3. The number of ether oxygens (including phenoxy) is 4. The van der Waals surface area contributed by atoms with Gasteiger partial charge < -0.3 is 40.1 Å². The number of esters is 2. The van der Waals surface area contributed by atoms with Gasteiger partial charge in [0.15, 0.2) is 12.4 Å². The molecular weight excluding hydrogens is 636 g/mol. The summed E-state index contributed by atoms with van der Waals surface area (Å²) in [6.07, 6.45) is -3.79. The number of nitrogens with zero attached hydrogens (tertiary/aromatic N) is 2. The van der Waals surface area contributed by atoms with E-state index in [0.717, 1.165) is 6.34 Å². The van der Waals surface area contributed by atoms with Gasteiger partial charge in [0.05, 0.1) is 12.1 Å². The SMILES string of the molecule is CCCC(=O)N=C([NH+]=CN)c1ccc([C@]2(C#N)O[C@H](COC(=O)Cc3ccccc3)[C@@H](OC(=O)[C@@H](NC(=O)OC(C)(C)C)C(C)C)[C@H]2O)[nH]1. The highest BCUT2D eigenvalue weighted by Crippen LogP contribution is 2.41. The van der Waals surface area contributed by atoms with Crippen LogP contribution < -0.4 is 16.0 Å². The van der Waals surface area contributed by atoms with Crippen molar-refractivity contribution in [2.24, 2.45) is 16.6 Å². The van der Waals surface area contributed by atoms with Gasteiger partial charge in [-0.05, 0) is 50.8 Å². The lowest BCUT2D eigenvalue weighted by Crippen LogP contribution is -2.75. The number of amidine groups is 1. The summed E-state index contributed by atoms with van der Waals surface area (Å²) < 4.78 is 22.6. The number of H-pyrrole nitrogens is 1. The Balaban J connectivity index is 1.95. The Morgan fingerprint density at radius 2 is 1.90 bits per heavy atom. The van der Waals surface area contributed by atoms with Crippen LogP contribution in [0.2, 0.25) is 0 Å². The second-order valence-corrected chi connectivity index (χ2v) is 12.8.